The Balaban J connectivity index is 2.00. The zero-order chi connectivity index (χ0) is 27.5. The summed E-state index contributed by atoms with van der Waals surface area (Å²) in [6.07, 6.45) is 10.1. The summed E-state index contributed by atoms with van der Waals surface area (Å²) in [5, 5.41) is -0.0367. The number of cyclic esters (lactones) is 1. The standard InChI is InChI=1S/C30H52N2O4Si/c1-7-8-9-14-19-25(31)20-15-11-16-21-27(36-37(5,6)30(2,3)4)28(33)32-26(23-35-29(32)34)22-24-17-12-10-13-18-24/h10,12-13,17-18,25-27H,7-9,11,14-16,19-23,31H2,1-6H3/t25-,26?,27-/m1/s1. The maximum Gasteiger partial charge on any atom is 0.417 e. The molecule has 6 nitrogen and oxygen atoms in total. The first-order chi connectivity index (χ1) is 17.5. The fourth-order valence-electron chi connectivity index (χ4n) is 4.58. The van der Waals surface area contributed by atoms with E-state index >= 15 is 0 Å². The van der Waals surface area contributed by atoms with Crippen LogP contribution in [0.25, 0.3) is 0 Å². The highest BCUT2D eigenvalue weighted by Gasteiger charge is 2.45. The monoisotopic (exact) mass is 532 g/mol. The molecule has 0 spiro atoms. The van der Waals surface area contributed by atoms with Crippen molar-refractivity contribution in [3.8, 4) is 0 Å². The van der Waals surface area contributed by atoms with Crippen LogP contribution in [-0.2, 0) is 20.4 Å². The molecule has 2 rings (SSSR count). The minimum atomic E-state index is -2.23. The van der Waals surface area contributed by atoms with Crippen molar-refractivity contribution in [2.45, 2.75) is 135 Å². The minimum absolute atomic E-state index is 0.0367. The van der Waals surface area contributed by atoms with E-state index in [1.807, 2.05) is 30.3 Å². The van der Waals surface area contributed by atoms with Crippen LogP contribution in [0.3, 0.4) is 0 Å². The Kier molecular flexibility index (Phi) is 12.8. The van der Waals surface area contributed by atoms with Gasteiger partial charge in [-0.15, -0.1) is 0 Å². The first-order valence-electron chi connectivity index (χ1n) is 14.4. The summed E-state index contributed by atoms with van der Waals surface area (Å²) in [4.78, 5) is 27.8. The van der Waals surface area contributed by atoms with Crippen molar-refractivity contribution in [2.24, 2.45) is 5.73 Å². The third kappa shape index (κ3) is 10.2. The van der Waals surface area contributed by atoms with Crippen LogP contribution in [0.2, 0.25) is 18.1 Å². The topological polar surface area (TPSA) is 81.9 Å². The van der Waals surface area contributed by atoms with Gasteiger partial charge in [0.15, 0.2) is 8.32 Å². The summed E-state index contributed by atoms with van der Waals surface area (Å²) in [7, 11) is -2.23. The molecular weight excluding hydrogens is 480 g/mol. The second-order valence-corrected chi connectivity index (χ2v) is 17.0. The molecule has 0 radical (unpaired) electrons. The van der Waals surface area contributed by atoms with Crippen LogP contribution < -0.4 is 5.73 Å². The number of carbonyl (C=O) groups is 2. The van der Waals surface area contributed by atoms with Gasteiger partial charge in [0.2, 0.25) is 0 Å². The molecule has 1 aromatic carbocycles. The molecule has 0 saturated carbocycles. The molecule has 1 fully saturated rings. The summed E-state index contributed by atoms with van der Waals surface area (Å²) in [6.45, 7) is 13.3. The molecule has 1 aromatic rings. The average Bonchev–Trinajstić information content (AvgIpc) is 3.19. The summed E-state index contributed by atoms with van der Waals surface area (Å²) >= 11 is 0. The van der Waals surface area contributed by atoms with Gasteiger partial charge in [0.05, 0.1) is 6.04 Å². The van der Waals surface area contributed by atoms with E-state index in [0.717, 1.165) is 37.7 Å². The Bertz CT molecular complexity index is 825. The van der Waals surface area contributed by atoms with Crippen LogP contribution in [0.1, 0.15) is 97.5 Å². The molecule has 2 N–H and O–H groups in total. The number of nitrogens with two attached hydrogens (primary N) is 1. The Morgan fingerprint density at radius 1 is 1.05 bits per heavy atom. The molecule has 1 unspecified atom stereocenters. The lowest BCUT2D eigenvalue weighted by Gasteiger charge is -2.39. The third-order valence-corrected chi connectivity index (χ3v) is 12.5. The van der Waals surface area contributed by atoms with Gasteiger partial charge in [0.1, 0.15) is 12.7 Å². The van der Waals surface area contributed by atoms with Gasteiger partial charge in [-0.25, -0.2) is 9.69 Å². The molecule has 210 valence electrons. The highest BCUT2D eigenvalue weighted by molar-refractivity contribution is 6.74. The zero-order valence-corrected chi connectivity index (χ0v) is 25.3. The largest absolute Gasteiger partial charge is 0.447 e. The van der Waals surface area contributed by atoms with Crippen molar-refractivity contribution in [1.29, 1.82) is 0 Å². The van der Waals surface area contributed by atoms with Crippen molar-refractivity contribution in [1.82, 2.24) is 4.90 Å². The number of ether oxygens (including phenoxy) is 1. The quantitative estimate of drug-likeness (QED) is 0.180. The van der Waals surface area contributed by atoms with Crippen LogP contribution >= 0.6 is 0 Å². The van der Waals surface area contributed by atoms with Crippen molar-refractivity contribution >= 4 is 20.3 Å². The maximum atomic E-state index is 13.8. The minimum Gasteiger partial charge on any atom is -0.447 e. The Hall–Kier alpha value is -1.70. The van der Waals surface area contributed by atoms with Gasteiger partial charge >= 0.3 is 6.09 Å². The van der Waals surface area contributed by atoms with E-state index in [0.29, 0.717) is 12.8 Å². The van der Waals surface area contributed by atoms with Gasteiger partial charge < -0.3 is 14.9 Å². The van der Waals surface area contributed by atoms with Crippen LogP contribution in [0, 0.1) is 0 Å². The Morgan fingerprint density at radius 3 is 2.24 bits per heavy atom. The van der Waals surface area contributed by atoms with Crippen molar-refractivity contribution < 1.29 is 18.8 Å². The molecular formula is C30H52N2O4Si. The molecule has 2 amide bonds. The molecule has 3 atom stereocenters. The van der Waals surface area contributed by atoms with Gasteiger partial charge in [0.25, 0.3) is 5.91 Å². The summed E-state index contributed by atoms with van der Waals surface area (Å²) in [6, 6.07) is 9.90. The molecule has 37 heavy (non-hydrogen) atoms. The van der Waals surface area contributed by atoms with E-state index in [4.69, 9.17) is 14.9 Å². The van der Waals surface area contributed by atoms with Crippen molar-refractivity contribution in [3.05, 3.63) is 35.9 Å². The highest BCUT2D eigenvalue weighted by atomic mass is 28.4. The first kappa shape index (κ1) is 31.5. The van der Waals surface area contributed by atoms with Gasteiger partial charge in [-0.2, -0.15) is 0 Å². The summed E-state index contributed by atoms with van der Waals surface area (Å²) < 4.78 is 12.0. The molecule has 0 aliphatic carbocycles. The van der Waals surface area contributed by atoms with E-state index in [1.165, 1.54) is 30.6 Å². The number of hydrogen-bond acceptors (Lipinski definition) is 5. The van der Waals surface area contributed by atoms with Gasteiger partial charge in [-0.05, 0) is 49.4 Å². The number of hydrogen-bond donors (Lipinski definition) is 1. The molecule has 7 heteroatoms. The Labute approximate surface area is 226 Å². The zero-order valence-electron chi connectivity index (χ0n) is 24.3. The summed E-state index contributed by atoms with van der Waals surface area (Å²) in [5.74, 6) is -0.249. The van der Waals surface area contributed by atoms with Crippen molar-refractivity contribution in [2.75, 3.05) is 6.61 Å². The fraction of sp³-hybridized carbons (Fsp3) is 0.733. The third-order valence-electron chi connectivity index (χ3n) is 8.00. The number of unbranched alkanes of at least 4 members (excludes halogenated alkanes) is 5. The number of imide groups is 1. The molecule has 0 bridgehead atoms. The lowest BCUT2D eigenvalue weighted by molar-refractivity contribution is -0.137. The Morgan fingerprint density at radius 2 is 1.65 bits per heavy atom. The second kappa shape index (κ2) is 15.0. The maximum absolute atomic E-state index is 13.8. The number of amides is 2. The second-order valence-electron chi connectivity index (χ2n) is 12.2. The molecule has 0 aromatic heterocycles. The predicted octanol–water partition coefficient (Wildman–Crippen LogP) is 7.22. The van der Waals surface area contributed by atoms with E-state index in [-0.39, 0.29) is 29.6 Å². The van der Waals surface area contributed by atoms with Crippen molar-refractivity contribution in [3.63, 3.8) is 0 Å². The number of carbonyl (C=O) groups excluding carboxylic acids is 2. The average molecular weight is 533 g/mol. The van der Waals surface area contributed by atoms with Crippen LogP contribution in [0.15, 0.2) is 30.3 Å². The van der Waals surface area contributed by atoms with E-state index < -0.39 is 20.5 Å². The van der Waals surface area contributed by atoms with E-state index in [1.54, 1.807) is 0 Å². The first-order valence-corrected chi connectivity index (χ1v) is 17.3. The highest BCUT2D eigenvalue weighted by Crippen LogP contribution is 2.38. The fourth-order valence-corrected chi connectivity index (χ4v) is 5.86. The molecule has 1 heterocycles. The number of nitrogens with zero attached hydrogens (tertiary/aromatic N) is 1. The smallest absolute Gasteiger partial charge is 0.417 e. The molecule has 1 saturated heterocycles. The number of rotatable bonds is 16. The van der Waals surface area contributed by atoms with Gasteiger partial charge in [0, 0.05) is 6.04 Å². The lowest BCUT2D eigenvalue weighted by atomic mass is 10.0. The van der Waals surface area contributed by atoms with Crippen LogP contribution in [-0.4, -0.2) is 50.0 Å². The normalized spacial score (nSPS) is 18.1. The van der Waals surface area contributed by atoms with Crippen LogP contribution in [0.5, 0.6) is 0 Å². The molecule has 1 aliphatic heterocycles. The van der Waals surface area contributed by atoms with Crippen LogP contribution in [0.4, 0.5) is 4.79 Å². The van der Waals surface area contributed by atoms with Gasteiger partial charge in [-0.3, -0.25) is 4.79 Å². The lowest BCUT2D eigenvalue weighted by Crippen LogP contribution is -2.52. The number of benzene rings is 1. The predicted molar refractivity (Wildman–Crippen MR) is 154 cm³/mol. The SMILES string of the molecule is CCCCCC[C@@H](N)CCCCC[C@@H](O[Si](C)(C)C(C)(C)C)C(=O)N1C(=O)OCC1Cc1ccccc1. The molecule has 1 aliphatic rings. The van der Waals surface area contributed by atoms with E-state index in [2.05, 4.69) is 40.8 Å². The van der Waals surface area contributed by atoms with E-state index in [9.17, 15) is 9.59 Å². The summed E-state index contributed by atoms with van der Waals surface area (Å²) in [5.41, 5.74) is 7.40. The van der Waals surface area contributed by atoms with Gasteiger partial charge in [-0.1, -0.05) is 103 Å².